The predicted octanol–water partition coefficient (Wildman–Crippen LogP) is 3.41. The summed E-state index contributed by atoms with van der Waals surface area (Å²) in [6.07, 6.45) is 0. The van der Waals surface area contributed by atoms with Crippen LogP contribution in [0.4, 0.5) is 5.69 Å². The van der Waals surface area contributed by atoms with Crippen molar-refractivity contribution < 1.29 is 9.59 Å². The van der Waals surface area contributed by atoms with Gasteiger partial charge in [-0.2, -0.15) is 0 Å². The average Bonchev–Trinajstić information content (AvgIpc) is 2.91. The van der Waals surface area contributed by atoms with Crippen LogP contribution in [0.5, 0.6) is 0 Å². The van der Waals surface area contributed by atoms with Crippen LogP contribution in [0.25, 0.3) is 0 Å². The zero-order valence-corrected chi connectivity index (χ0v) is 16.3. The lowest BCUT2D eigenvalue weighted by Gasteiger charge is -2.37. The third-order valence-corrected chi connectivity index (χ3v) is 5.28. The van der Waals surface area contributed by atoms with Gasteiger partial charge in [-0.3, -0.25) is 9.59 Å². The third kappa shape index (κ3) is 3.26. The number of hydrogen-bond donors (Lipinski definition) is 1. The number of carbonyl (C=O) groups is 2. The SMILES string of the molecule is CC(=O)c1c(C)[nH]c(C(=O)N2CCN(c3cc(C)ccc3C)CC2)c1C. The fraction of sp³-hybridized carbons (Fsp3) is 0.429. The molecule has 0 unspecified atom stereocenters. The highest BCUT2D eigenvalue weighted by molar-refractivity contribution is 6.02. The van der Waals surface area contributed by atoms with Gasteiger partial charge in [-0.25, -0.2) is 0 Å². The van der Waals surface area contributed by atoms with E-state index in [1.165, 1.54) is 16.8 Å². The van der Waals surface area contributed by atoms with Gasteiger partial charge in [-0.05, 0) is 57.4 Å². The highest BCUT2D eigenvalue weighted by Gasteiger charge is 2.27. The number of aromatic amines is 1. The molecule has 2 aromatic rings. The molecule has 0 aliphatic carbocycles. The van der Waals surface area contributed by atoms with Crippen molar-refractivity contribution >= 4 is 17.4 Å². The van der Waals surface area contributed by atoms with Gasteiger partial charge in [0.25, 0.3) is 5.91 Å². The maximum Gasteiger partial charge on any atom is 0.270 e. The van der Waals surface area contributed by atoms with Crippen LogP contribution in [0.3, 0.4) is 0 Å². The van der Waals surface area contributed by atoms with Gasteiger partial charge >= 0.3 is 0 Å². The van der Waals surface area contributed by atoms with E-state index in [1.54, 1.807) is 6.92 Å². The van der Waals surface area contributed by atoms with Crippen LogP contribution in [0.2, 0.25) is 0 Å². The van der Waals surface area contributed by atoms with Crippen molar-refractivity contribution in [2.45, 2.75) is 34.6 Å². The molecule has 1 fully saturated rings. The number of Topliss-reactive ketones (excluding diaryl/α,β-unsaturated/α-hetero) is 1. The van der Waals surface area contributed by atoms with Gasteiger partial charge in [0.05, 0.1) is 0 Å². The van der Waals surface area contributed by atoms with E-state index in [0.29, 0.717) is 24.3 Å². The average molecular weight is 353 g/mol. The molecule has 1 aromatic carbocycles. The highest BCUT2D eigenvalue weighted by atomic mass is 16.2. The van der Waals surface area contributed by atoms with E-state index in [1.807, 2.05) is 18.7 Å². The van der Waals surface area contributed by atoms with Gasteiger partial charge in [0, 0.05) is 43.1 Å². The first kappa shape index (κ1) is 18.2. The maximum absolute atomic E-state index is 12.9. The van der Waals surface area contributed by atoms with Gasteiger partial charge in [0.2, 0.25) is 0 Å². The maximum atomic E-state index is 12.9. The second-order valence-corrected chi connectivity index (χ2v) is 7.25. The summed E-state index contributed by atoms with van der Waals surface area (Å²) in [4.78, 5) is 32.1. The first-order valence-corrected chi connectivity index (χ1v) is 9.11. The van der Waals surface area contributed by atoms with E-state index in [0.717, 1.165) is 24.3 Å². The smallest absolute Gasteiger partial charge is 0.270 e. The number of aromatic nitrogens is 1. The summed E-state index contributed by atoms with van der Waals surface area (Å²) in [6.45, 7) is 12.5. The molecule has 1 saturated heterocycles. The molecule has 3 rings (SSSR count). The Morgan fingerprint density at radius 2 is 1.65 bits per heavy atom. The van der Waals surface area contributed by atoms with Gasteiger partial charge < -0.3 is 14.8 Å². The summed E-state index contributed by atoms with van der Waals surface area (Å²) >= 11 is 0. The van der Waals surface area contributed by atoms with Crippen LogP contribution in [0, 0.1) is 27.7 Å². The predicted molar refractivity (Wildman–Crippen MR) is 104 cm³/mol. The summed E-state index contributed by atoms with van der Waals surface area (Å²) < 4.78 is 0. The van der Waals surface area contributed by atoms with Crippen molar-refractivity contribution in [3.05, 3.63) is 51.8 Å². The Kier molecular flexibility index (Phi) is 4.90. The summed E-state index contributed by atoms with van der Waals surface area (Å²) in [6, 6.07) is 6.49. The second-order valence-electron chi connectivity index (χ2n) is 7.25. The number of aryl methyl sites for hydroxylation is 3. The Balaban J connectivity index is 1.74. The number of nitrogens with zero attached hydrogens (tertiary/aromatic N) is 2. The van der Waals surface area contributed by atoms with Crippen molar-refractivity contribution in [2.75, 3.05) is 31.1 Å². The number of carbonyl (C=O) groups excluding carboxylic acids is 2. The van der Waals surface area contributed by atoms with Gasteiger partial charge in [0.1, 0.15) is 5.69 Å². The lowest BCUT2D eigenvalue weighted by molar-refractivity contribution is 0.0740. The number of benzene rings is 1. The molecule has 1 aliphatic heterocycles. The Labute approximate surface area is 155 Å². The first-order chi connectivity index (χ1) is 12.3. The van der Waals surface area contributed by atoms with Gasteiger partial charge in [-0.15, -0.1) is 0 Å². The van der Waals surface area contributed by atoms with E-state index < -0.39 is 0 Å². The normalized spacial score (nSPS) is 14.7. The van der Waals surface area contributed by atoms with E-state index in [4.69, 9.17) is 0 Å². The monoisotopic (exact) mass is 353 g/mol. The van der Waals surface area contributed by atoms with Gasteiger partial charge in [0.15, 0.2) is 5.78 Å². The van der Waals surface area contributed by atoms with E-state index >= 15 is 0 Å². The number of hydrogen-bond acceptors (Lipinski definition) is 3. The number of rotatable bonds is 3. The fourth-order valence-corrected chi connectivity index (χ4v) is 3.86. The molecule has 138 valence electrons. The van der Waals surface area contributed by atoms with Crippen molar-refractivity contribution in [3.8, 4) is 0 Å². The zero-order valence-electron chi connectivity index (χ0n) is 16.3. The molecular formula is C21H27N3O2. The lowest BCUT2D eigenvalue weighted by Crippen LogP contribution is -2.49. The molecule has 2 heterocycles. The number of amides is 1. The lowest BCUT2D eigenvalue weighted by atomic mass is 10.1. The van der Waals surface area contributed by atoms with E-state index in [-0.39, 0.29) is 11.7 Å². The standard InChI is InChI=1S/C21H27N3O2/c1-13-6-7-14(2)18(12-13)23-8-10-24(11-9-23)21(26)20-15(3)19(17(5)25)16(4)22-20/h6-7,12,22H,8-11H2,1-5H3. The Hall–Kier alpha value is -2.56. The second kappa shape index (κ2) is 6.98. The minimum absolute atomic E-state index is 0.00459. The van der Waals surface area contributed by atoms with Crippen LogP contribution in [-0.4, -0.2) is 47.8 Å². The molecule has 1 aliphatic rings. The van der Waals surface area contributed by atoms with Crippen LogP contribution in [0.1, 0.15) is 50.2 Å². The Morgan fingerprint density at radius 3 is 2.23 bits per heavy atom. The third-order valence-electron chi connectivity index (χ3n) is 5.28. The van der Waals surface area contributed by atoms with Crippen molar-refractivity contribution in [2.24, 2.45) is 0 Å². The number of piperazine rings is 1. The highest BCUT2D eigenvalue weighted by Crippen LogP contribution is 2.24. The van der Waals surface area contributed by atoms with E-state index in [2.05, 4.69) is 41.9 Å². The Morgan fingerprint density at radius 1 is 1.00 bits per heavy atom. The molecule has 26 heavy (non-hydrogen) atoms. The molecule has 0 spiro atoms. The van der Waals surface area contributed by atoms with Crippen molar-refractivity contribution in [1.29, 1.82) is 0 Å². The molecule has 5 nitrogen and oxygen atoms in total. The van der Waals surface area contributed by atoms with Crippen LogP contribution >= 0.6 is 0 Å². The number of ketones is 1. The molecule has 0 atom stereocenters. The van der Waals surface area contributed by atoms with Crippen LogP contribution in [0.15, 0.2) is 18.2 Å². The quantitative estimate of drug-likeness (QED) is 0.860. The largest absolute Gasteiger partial charge is 0.368 e. The van der Waals surface area contributed by atoms with Crippen LogP contribution in [-0.2, 0) is 0 Å². The Bertz CT molecular complexity index is 858. The fourth-order valence-electron chi connectivity index (χ4n) is 3.86. The molecule has 0 saturated carbocycles. The van der Waals surface area contributed by atoms with Crippen molar-refractivity contribution in [3.63, 3.8) is 0 Å². The summed E-state index contributed by atoms with van der Waals surface area (Å²) in [5.74, 6) is -0.0197. The number of anilines is 1. The van der Waals surface area contributed by atoms with Gasteiger partial charge in [-0.1, -0.05) is 12.1 Å². The minimum atomic E-state index is -0.0151. The first-order valence-electron chi connectivity index (χ1n) is 9.11. The molecule has 0 radical (unpaired) electrons. The topological polar surface area (TPSA) is 56.4 Å². The minimum Gasteiger partial charge on any atom is -0.368 e. The van der Waals surface area contributed by atoms with E-state index in [9.17, 15) is 9.59 Å². The van der Waals surface area contributed by atoms with Crippen molar-refractivity contribution in [1.82, 2.24) is 9.88 Å². The summed E-state index contributed by atoms with van der Waals surface area (Å²) in [5.41, 5.74) is 6.48. The number of nitrogens with one attached hydrogen (secondary N) is 1. The summed E-state index contributed by atoms with van der Waals surface area (Å²) in [7, 11) is 0. The molecule has 5 heteroatoms. The number of H-pyrrole nitrogens is 1. The summed E-state index contributed by atoms with van der Waals surface area (Å²) in [5, 5.41) is 0. The molecule has 0 bridgehead atoms. The molecule has 1 N–H and O–H groups in total. The molecule has 1 amide bonds. The van der Waals surface area contributed by atoms with Crippen LogP contribution < -0.4 is 4.90 Å². The molecular weight excluding hydrogens is 326 g/mol. The molecule has 1 aromatic heterocycles. The zero-order chi connectivity index (χ0) is 19.0.